The number of hydrogen-bond donors (Lipinski definition) is 3. The number of aryl methyl sites for hydroxylation is 1. The summed E-state index contributed by atoms with van der Waals surface area (Å²) >= 11 is 3.49. The average molecular weight is 377 g/mol. The lowest BCUT2D eigenvalue weighted by molar-refractivity contribution is 0.238. The van der Waals surface area contributed by atoms with Crippen molar-refractivity contribution in [1.82, 2.24) is 10.6 Å². The number of benzene rings is 2. The molecule has 0 saturated carbocycles. The van der Waals surface area contributed by atoms with Crippen molar-refractivity contribution in [2.24, 2.45) is 0 Å². The molecular weight excluding hydrogens is 356 g/mol. The van der Waals surface area contributed by atoms with Gasteiger partial charge in [0.1, 0.15) is 5.75 Å². The van der Waals surface area contributed by atoms with Crippen LogP contribution in [0.4, 0.5) is 4.79 Å². The number of phenolic OH excluding ortho intramolecular Hbond substituents is 1. The Bertz CT molecular complexity index is 644. The highest BCUT2D eigenvalue weighted by Crippen LogP contribution is 2.22. The monoisotopic (exact) mass is 376 g/mol. The number of amides is 2. The van der Waals surface area contributed by atoms with E-state index in [4.69, 9.17) is 0 Å². The number of urea groups is 1. The first-order chi connectivity index (χ1) is 11.1. The van der Waals surface area contributed by atoms with Crippen LogP contribution in [0.25, 0.3) is 0 Å². The first kappa shape index (κ1) is 17.3. The molecule has 0 aliphatic rings. The Morgan fingerprint density at radius 3 is 2.57 bits per heavy atom. The van der Waals surface area contributed by atoms with Gasteiger partial charge in [0.05, 0.1) is 6.04 Å². The number of hydrogen-bond acceptors (Lipinski definition) is 2. The molecule has 0 aromatic heterocycles. The number of carbonyl (C=O) groups excluding carboxylic acids is 1. The Morgan fingerprint density at radius 2 is 1.87 bits per heavy atom. The van der Waals surface area contributed by atoms with Crippen LogP contribution in [-0.4, -0.2) is 17.7 Å². The fraction of sp³-hybridized carbons (Fsp3) is 0.278. The van der Waals surface area contributed by atoms with Gasteiger partial charge in [-0.15, -0.1) is 0 Å². The number of nitrogens with one attached hydrogen (secondary N) is 2. The number of halogens is 1. The predicted octanol–water partition coefficient (Wildman–Crippen LogP) is 4.15. The highest BCUT2D eigenvalue weighted by atomic mass is 79.9. The van der Waals surface area contributed by atoms with E-state index in [0.717, 1.165) is 28.4 Å². The van der Waals surface area contributed by atoms with Gasteiger partial charge in [-0.25, -0.2) is 4.79 Å². The second kappa shape index (κ2) is 8.58. The van der Waals surface area contributed by atoms with E-state index in [2.05, 4.69) is 26.6 Å². The predicted molar refractivity (Wildman–Crippen MR) is 95.5 cm³/mol. The molecule has 122 valence electrons. The van der Waals surface area contributed by atoms with E-state index in [9.17, 15) is 9.90 Å². The van der Waals surface area contributed by atoms with Crippen LogP contribution in [-0.2, 0) is 6.42 Å². The minimum Gasteiger partial charge on any atom is -0.508 e. The summed E-state index contributed by atoms with van der Waals surface area (Å²) in [4.78, 5) is 11.9. The molecule has 0 saturated heterocycles. The third-order valence-corrected chi connectivity index (χ3v) is 4.31. The minimum atomic E-state index is -0.168. The fourth-order valence-electron chi connectivity index (χ4n) is 2.31. The van der Waals surface area contributed by atoms with Crippen molar-refractivity contribution in [1.29, 1.82) is 0 Å². The normalized spacial score (nSPS) is 11.7. The summed E-state index contributed by atoms with van der Waals surface area (Å²) in [6.07, 6.45) is 1.71. The molecule has 1 unspecified atom stereocenters. The van der Waals surface area contributed by atoms with Gasteiger partial charge in [-0.05, 0) is 49.1 Å². The molecule has 3 N–H and O–H groups in total. The van der Waals surface area contributed by atoms with E-state index >= 15 is 0 Å². The van der Waals surface area contributed by atoms with Crippen LogP contribution in [0.15, 0.2) is 53.0 Å². The Balaban J connectivity index is 1.71. The number of rotatable bonds is 6. The molecule has 0 spiro atoms. The minimum absolute atomic E-state index is 0.0670. The zero-order valence-corrected chi connectivity index (χ0v) is 14.6. The van der Waals surface area contributed by atoms with Crippen molar-refractivity contribution in [3.05, 3.63) is 64.1 Å². The van der Waals surface area contributed by atoms with E-state index in [1.54, 1.807) is 12.1 Å². The summed E-state index contributed by atoms with van der Waals surface area (Å²) in [5.74, 6) is 0.271. The summed E-state index contributed by atoms with van der Waals surface area (Å²) in [7, 11) is 0. The molecule has 4 nitrogen and oxygen atoms in total. The maximum absolute atomic E-state index is 11.9. The quantitative estimate of drug-likeness (QED) is 0.663. The van der Waals surface area contributed by atoms with E-state index < -0.39 is 0 Å². The molecule has 2 aromatic rings. The molecule has 2 amide bonds. The zero-order valence-electron chi connectivity index (χ0n) is 13.1. The Hall–Kier alpha value is -2.01. The van der Waals surface area contributed by atoms with Crippen molar-refractivity contribution in [3.63, 3.8) is 0 Å². The fourth-order valence-corrected chi connectivity index (χ4v) is 2.94. The summed E-state index contributed by atoms with van der Waals surface area (Å²) in [5.41, 5.74) is 2.19. The highest BCUT2D eigenvalue weighted by Gasteiger charge is 2.11. The van der Waals surface area contributed by atoms with Crippen molar-refractivity contribution < 1.29 is 9.90 Å². The summed E-state index contributed by atoms with van der Waals surface area (Å²) in [6.45, 7) is 2.56. The molecule has 0 heterocycles. The van der Waals surface area contributed by atoms with Crippen LogP contribution in [0.2, 0.25) is 0 Å². The molecule has 0 aliphatic heterocycles. The van der Waals surface area contributed by atoms with Crippen molar-refractivity contribution in [3.8, 4) is 5.75 Å². The van der Waals surface area contributed by atoms with Crippen LogP contribution in [0.5, 0.6) is 5.75 Å². The number of phenols is 1. The van der Waals surface area contributed by atoms with Gasteiger partial charge < -0.3 is 15.7 Å². The molecule has 0 bridgehead atoms. The third-order valence-electron chi connectivity index (χ3n) is 3.58. The van der Waals surface area contributed by atoms with Crippen LogP contribution in [0.3, 0.4) is 0 Å². The molecule has 2 aromatic carbocycles. The molecule has 0 aliphatic carbocycles. The van der Waals surface area contributed by atoms with Gasteiger partial charge in [0.25, 0.3) is 0 Å². The molecule has 0 radical (unpaired) electrons. The molecule has 1 atom stereocenters. The highest BCUT2D eigenvalue weighted by molar-refractivity contribution is 9.10. The molecule has 0 fully saturated rings. The van der Waals surface area contributed by atoms with Crippen LogP contribution < -0.4 is 10.6 Å². The third kappa shape index (κ3) is 5.60. The first-order valence-corrected chi connectivity index (χ1v) is 8.42. The van der Waals surface area contributed by atoms with E-state index in [0.29, 0.717) is 6.54 Å². The average Bonchev–Trinajstić information content (AvgIpc) is 2.53. The molecule has 5 heteroatoms. The van der Waals surface area contributed by atoms with Crippen LogP contribution >= 0.6 is 15.9 Å². The van der Waals surface area contributed by atoms with E-state index in [1.807, 2.05) is 43.3 Å². The lowest BCUT2D eigenvalue weighted by Crippen LogP contribution is -2.37. The maximum atomic E-state index is 11.9. The lowest BCUT2D eigenvalue weighted by atomic mass is 10.1. The van der Waals surface area contributed by atoms with Crippen molar-refractivity contribution >= 4 is 22.0 Å². The molecule has 2 rings (SSSR count). The topological polar surface area (TPSA) is 61.4 Å². The largest absolute Gasteiger partial charge is 0.508 e. The standard InChI is InChI=1S/C18H21BrN2O2/c1-13(16-6-2-3-7-17(16)19)21-18(23)20-12-4-5-14-8-10-15(22)11-9-14/h2-3,6-11,13,22H,4-5,12H2,1H3,(H2,20,21,23). The van der Waals surface area contributed by atoms with Crippen molar-refractivity contribution in [2.75, 3.05) is 6.54 Å². The lowest BCUT2D eigenvalue weighted by Gasteiger charge is -2.16. The SMILES string of the molecule is CC(NC(=O)NCCCc1ccc(O)cc1)c1ccccc1Br. The van der Waals surface area contributed by atoms with Gasteiger partial charge in [0, 0.05) is 11.0 Å². The molecular formula is C18H21BrN2O2. The number of carbonyl (C=O) groups is 1. The van der Waals surface area contributed by atoms with Crippen molar-refractivity contribution in [2.45, 2.75) is 25.8 Å². The Kier molecular flexibility index (Phi) is 6.47. The van der Waals surface area contributed by atoms with E-state index in [-0.39, 0.29) is 17.8 Å². The van der Waals surface area contributed by atoms with Gasteiger partial charge in [0.2, 0.25) is 0 Å². The first-order valence-electron chi connectivity index (χ1n) is 7.63. The second-order valence-corrected chi connectivity index (χ2v) is 6.27. The van der Waals surface area contributed by atoms with Gasteiger partial charge in [-0.1, -0.05) is 46.3 Å². The van der Waals surface area contributed by atoms with Gasteiger partial charge in [-0.3, -0.25) is 0 Å². The van der Waals surface area contributed by atoms with Gasteiger partial charge in [-0.2, -0.15) is 0 Å². The Labute approximate surface area is 145 Å². The summed E-state index contributed by atoms with van der Waals surface area (Å²) < 4.78 is 0.986. The van der Waals surface area contributed by atoms with Crippen LogP contribution in [0, 0.1) is 0 Å². The second-order valence-electron chi connectivity index (χ2n) is 5.41. The smallest absolute Gasteiger partial charge is 0.315 e. The van der Waals surface area contributed by atoms with Gasteiger partial charge in [0.15, 0.2) is 0 Å². The van der Waals surface area contributed by atoms with Gasteiger partial charge >= 0.3 is 6.03 Å². The van der Waals surface area contributed by atoms with Crippen LogP contribution in [0.1, 0.15) is 30.5 Å². The molecule has 23 heavy (non-hydrogen) atoms. The summed E-state index contributed by atoms with van der Waals surface area (Å²) in [6, 6.07) is 14.8. The number of aromatic hydroxyl groups is 1. The Morgan fingerprint density at radius 1 is 1.17 bits per heavy atom. The zero-order chi connectivity index (χ0) is 16.7. The maximum Gasteiger partial charge on any atom is 0.315 e. The summed E-state index contributed by atoms with van der Waals surface area (Å²) in [5, 5.41) is 15.0. The van der Waals surface area contributed by atoms with E-state index in [1.165, 1.54) is 0 Å².